The van der Waals surface area contributed by atoms with E-state index in [0.717, 1.165) is 6.42 Å². The van der Waals surface area contributed by atoms with Crippen molar-refractivity contribution in [3.05, 3.63) is 0 Å². The Bertz CT molecular complexity index is 170. The van der Waals surface area contributed by atoms with Gasteiger partial charge in [-0.15, -0.1) is 12.3 Å². The monoisotopic (exact) mass is 179 g/mol. The third kappa shape index (κ3) is 3.83. The van der Waals surface area contributed by atoms with Crippen molar-refractivity contribution in [1.82, 2.24) is 5.32 Å². The highest BCUT2D eigenvalue weighted by atomic mass is 15.0. The van der Waals surface area contributed by atoms with Crippen LogP contribution in [0.3, 0.4) is 0 Å². The van der Waals surface area contributed by atoms with E-state index >= 15 is 0 Å². The van der Waals surface area contributed by atoms with E-state index in [2.05, 4.69) is 18.2 Å². The van der Waals surface area contributed by atoms with Gasteiger partial charge in [-0.3, -0.25) is 0 Å². The Hall–Kier alpha value is -0.480. The van der Waals surface area contributed by atoms with Crippen LogP contribution < -0.4 is 5.32 Å². The first-order valence-electron chi connectivity index (χ1n) is 5.45. The normalized spacial score (nSPS) is 29.2. The maximum absolute atomic E-state index is 5.25. The van der Waals surface area contributed by atoms with Crippen molar-refractivity contribution in [1.29, 1.82) is 0 Å². The first-order valence-corrected chi connectivity index (χ1v) is 5.45. The van der Waals surface area contributed by atoms with Crippen LogP contribution in [0.4, 0.5) is 0 Å². The molecule has 1 heteroatoms. The molecule has 0 bridgehead atoms. The lowest BCUT2D eigenvalue weighted by atomic mass is 9.90. The van der Waals surface area contributed by atoms with Crippen LogP contribution >= 0.6 is 0 Å². The highest BCUT2D eigenvalue weighted by molar-refractivity contribution is 4.88. The summed E-state index contributed by atoms with van der Waals surface area (Å²) in [7, 11) is 0. The zero-order valence-corrected chi connectivity index (χ0v) is 8.73. The van der Waals surface area contributed by atoms with Gasteiger partial charge < -0.3 is 5.32 Å². The van der Waals surface area contributed by atoms with Gasteiger partial charge in [-0.25, -0.2) is 0 Å². The van der Waals surface area contributed by atoms with Gasteiger partial charge in [0.15, 0.2) is 0 Å². The molecule has 0 spiro atoms. The molecular formula is C12H21N. The summed E-state index contributed by atoms with van der Waals surface area (Å²) in [5.74, 6) is 2.71. The number of hydrogen-bond donors (Lipinski definition) is 1. The molecular weight excluding hydrogens is 158 g/mol. The predicted molar refractivity (Wildman–Crippen MR) is 57.6 cm³/mol. The van der Waals surface area contributed by atoms with Crippen LogP contribution in [0.25, 0.3) is 0 Å². The lowest BCUT2D eigenvalue weighted by Gasteiger charge is -2.29. The van der Waals surface area contributed by atoms with Crippen molar-refractivity contribution >= 4 is 0 Å². The van der Waals surface area contributed by atoms with Gasteiger partial charge >= 0.3 is 0 Å². The number of nitrogens with one attached hydrogen (secondary N) is 1. The van der Waals surface area contributed by atoms with Gasteiger partial charge in [0, 0.05) is 12.0 Å². The first kappa shape index (κ1) is 10.6. The molecule has 0 saturated carbocycles. The van der Waals surface area contributed by atoms with E-state index in [-0.39, 0.29) is 0 Å². The Morgan fingerprint density at radius 3 is 3.00 bits per heavy atom. The summed E-state index contributed by atoms with van der Waals surface area (Å²) in [5.41, 5.74) is 0.368. The van der Waals surface area contributed by atoms with Crippen molar-refractivity contribution in [2.24, 2.45) is 0 Å². The molecule has 1 atom stereocenters. The summed E-state index contributed by atoms with van der Waals surface area (Å²) in [6.45, 7) is 3.53. The summed E-state index contributed by atoms with van der Waals surface area (Å²) in [4.78, 5) is 0. The summed E-state index contributed by atoms with van der Waals surface area (Å²) < 4.78 is 0. The fraction of sp³-hybridized carbons (Fsp3) is 0.833. The molecule has 1 unspecified atom stereocenters. The van der Waals surface area contributed by atoms with Crippen molar-refractivity contribution in [2.45, 2.75) is 57.4 Å². The molecule has 1 saturated heterocycles. The Morgan fingerprint density at radius 1 is 1.38 bits per heavy atom. The molecule has 1 fully saturated rings. The second-order valence-corrected chi connectivity index (χ2v) is 4.36. The Morgan fingerprint density at radius 2 is 2.23 bits per heavy atom. The summed E-state index contributed by atoms with van der Waals surface area (Å²) in [5, 5.41) is 3.65. The SMILES string of the molecule is C#CCCCC1(C)CCCCCN1. The van der Waals surface area contributed by atoms with Crippen molar-refractivity contribution in [2.75, 3.05) is 6.54 Å². The van der Waals surface area contributed by atoms with Gasteiger partial charge in [-0.05, 0) is 39.2 Å². The molecule has 0 aromatic heterocycles. The molecule has 1 rings (SSSR count). The highest BCUT2D eigenvalue weighted by Crippen LogP contribution is 2.23. The fourth-order valence-corrected chi connectivity index (χ4v) is 2.09. The minimum atomic E-state index is 0.368. The van der Waals surface area contributed by atoms with E-state index < -0.39 is 0 Å². The Labute approximate surface area is 82.3 Å². The molecule has 1 N–H and O–H groups in total. The molecule has 74 valence electrons. The van der Waals surface area contributed by atoms with E-state index in [1.54, 1.807) is 0 Å². The molecule has 0 aliphatic carbocycles. The van der Waals surface area contributed by atoms with Gasteiger partial charge in [0.2, 0.25) is 0 Å². The molecule has 13 heavy (non-hydrogen) atoms. The van der Waals surface area contributed by atoms with E-state index in [1.165, 1.54) is 45.1 Å². The number of unbranched alkanes of at least 4 members (excludes halogenated alkanes) is 1. The zero-order valence-electron chi connectivity index (χ0n) is 8.73. The molecule has 0 aromatic carbocycles. The van der Waals surface area contributed by atoms with Crippen LogP contribution in [0.5, 0.6) is 0 Å². The lowest BCUT2D eigenvalue weighted by molar-refractivity contribution is 0.317. The Kier molecular flexibility index (Phi) is 4.32. The smallest absolute Gasteiger partial charge is 0.0153 e. The van der Waals surface area contributed by atoms with Gasteiger partial charge in [0.05, 0.1) is 0 Å². The molecule has 0 radical (unpaired) electrons. The average molecular weight is 179 g/mol. The molecule has 1 nitrogen and oxygen atoms in total. The molecule has 1 aliphatic rings. The number of terminal acetylenes is 1. The molecule has 1 heterocycles. The van der Waals surface area contributed by atoms with Crippen LogP contribution in [0.15, 0.2) is 0 Å². The van der Waals surface area contributed by atoms with E-state index in [1.807, 2.05) is 0 Å². The summed E-state index contributed by atoms with van der Waals surface area (Å²) in [6.07, 6.45) is 14.0. The fourth-order valence-electron chi connectivity index (χ4n) is 2.09. The van der Waals surface area contributed by atoms with Crippen LogP contribution in [0.1, 0.15) is 51.9 Å². The summed E-state index contributed by atoms with van der Waals surface area (Å²) in [6, 6.07) is 0. The average Bonchev–Trinajstić information content (AvgIpc) is 2.31. The van der Waals surface area contributed by atoms with Crippen LogP contribution in [-0.2, 0) is 0 Å². The van der Waals surface area contributed by atoms with Gasteiger partial charge in [-0.2, -0.15) is 0 Å². The molecule has 0 amide bonds. The third-order valence-electron chi connectivity index (χ3n) is 3.01. The van der Waals surface area contributed by atoms with Crippen LogP contribution in [0.2, 0.25) is 0 Å². The maximum atomic E-state index is 5.25. The third-order valence-corrected chi connectivity index (χ3v) is 3.01. The van der Waals surface area contributed by atoms with Crippen LogP contribution in [0, 0.1) is 12.3 Å². The predicted octanol–water partition coefficient (Wildman–Crippen LogP) is 2.71. The zero-order chi connectivity index (χ0) is 9.57. The van der Waals surface area contributed by atoms with E-state index in [4.69, 9.17) is 6.42 Å². The van der Waals surface area contributed by atoms with Crippen molar-refractivity contribution in [3.63, 3.8) is 0 Å². The minimum absolute atomic E-state index is 0.368. The lowest BCUT2D eigenvalue weighted by Crippen LogP contribution is -2.41. The topological polar surface area (TPSA) is 12.0 Å². The van der Waals surface area contributed by atoms with Gasteiger partial charge in [0.1, 0.15) is 0 Å². The minimum Gasteiger partial charge on any atom is -0.312 e. The molecule has 1 aliphatic heterocycles. The highest BCUT2D eigenvalue weighted by Gasteiger charge is 2.23. The Balaban J connectivity index is 2.30. The van der Waals surface area contributed by atoms with Crippen LogP contribution in [-0.4, -0.2) is 12.1 Å². The first-order chi connectivity index (χ1) is 6.27. The second kappa shape index (κ2) is 5.29. The molecule has 0 aromatic rings. The largest absolute Gasteiger partial charge is 0.312 e. The van der Waals surface area contributed by atoms with Crippen molar-refractivity contribution in [3.8, 4) is 12.3 Å². The standard InChI is InChI=1S/C12H21N/c1-3-4-6-9-12(2)10-7-5-8-11-13-12/h1,13H,4-11H2,2H3. The summed E-state index contributed by atoms with van der Waals surface area (Å²) >= 11 is 0. The number of hydrogen-bond acceptors (Lipinski definition) is 1. The van der Waals surface area contributed by atoms with Crippen molar-refractivity contribution < 1.29 is 0 Å². The number of rotatable bonds is 3. The quantitative estimate of drug-likeness (QED) is 0.519. The second-order valence-electron chi connectivity index (χ2n) is 4.36. The van der Waals surface area contributed by atoms with Gasteiger partial charge in [-0.1, -0.05) is 12.8 Å². The maximum Gasteiger partial charge on any atom is 0.0153 e. The van der Waals surface area contributed by atoms with Gasteiger partial charge in [0.25, 0.3) is 0 Å². The van der Waals surface area contributed by atoms with E-state index in [0.29, 0.717) is 5.54 Å². The van der Waals surface area contributed by atoms with E-state index in [9.17, 15) is 0 Å².